The number of aromatic nitrogens is 3. The van der Waals surface area contributed by atoms with Crippen LogP contribution in [0.15, 0.2) is 73.1 Å². The van der Waals surface area contributed by atoms with Gasteiger partial charge in [-0.05, 0) is 36.4 Å². The van der Waals surface area contributed by atoms with Gasteiger partial charge in [0.1, 0.15) is 11.8 Å². The van der Waals surface area contributed by atoms with E-state index in [0.29, 0.717) is 30.3 Å². The van der Waals surface area contributed by atoms with Crippen LogP contribution in [0.25, 0.3) is 17.0 Å². The van der Waals surface area contributed by atoms with Crippen LogP contribution in [0.2, 0.25) is 5.02 Å². The van der Waals surface area contributed by atoms with Gasteiger partial charge in [-0.2, -0.15) is 0 Å². The van der Waals surface area contributed by atoms with Crippen molar-refractivity contribution < 1.29 is 9.53 Å². The van der Waals surface area contributed by atoms with Crippen LogP contribution in [0, 0.1) is 0 Å². The first kappa shape index (κ1) is 18.8. The Morgan fingerprint density at radius 2 is 1.93 bits per heavy atom. The minimum absolute atomic E-state index is 0.0106. The smallest absolute Gasteiger partial charge is 0.254 e. The fourth-order valence-electron chi connectivity index (χ4n) is 3.69. The average molecular weight is 419 g/mol. The molecule has 5 rings (SSSR count). The molecule has 1 aliphatic rings. The van der Waals surface area contributed by atoms with Gasteiger partial charge in [-0.3, -0.25) is 9.20 Å². The average Bonchev–Trinajstić information content (AvgIpc) is 3.22. The number of carbonyl (C=O) groups excluding carboxylic acids is 1. The Bertz CT molecular complexity index is 1210. The number of pyridine rings is 2. The molecule has 4 heterocycles. The normalized spacial score (nSPS) is 16.7. The molecule has 1 fully saturated rings. The van der Waals surface area contributed by atoms with Crippen LogP contribution in [0.3, 0.4) is 0 Å². The van der Waals surface area contributed by atoms with Crippen molar-refractivity contribution in [2.75, 3.05) is 19.7 Å². The third-order valence-corrected chi connectivity index (χ3v) is 5.43. The topological polar surface area (TPSA) is 59.7 Å². The number of rotatable bonds is 3. The highest BCUT2D eigenvalue weighted by Crippen LogP contribution is 2.26. The number of benzene rings is 1. The van der Waals surface area contributed by atoms with Crippen molar-refractivity contribution in [3.63, 3.8) is 0 Å². The zero-order valence-corrected chi connectivity index (χ0v) is 16.9. The summed E-state index contributed by atoms with van der Waals surface area (Å²) in [7, 11) is 0. The number of halogens is 1. The Hall–Kier alpha value is -3.22. The second kappa shape index (κ2) is 7.89. The molecule has 0 saturated carbocycles. The summed E-state index contributed by atoms with van der Waals surface area (Å²) in [6.45, 7) is 1.50. The maximum absolute atomic E-state index is 12.8. The van der Waals surface area contributed by atoms with E-state index in [0.717, 1.165) is 22.7 Å². The molecule has 150 valence electrons. The van der Waals surface area contributed by atoms with Crippen molar-refractivity contribution in [2.45, 2.75) is 6.10 Å². The van der Waals surface area contributed by atoms with Gasteiger partial charge in [0.2, 0.25) is 0 Å². The van der Waals surface area contributed by atoms with E-state index in [4.69, 9.17) is 21.3 Å². The monoisotopic (exact) mass is 418 g/mol. The second-order valence-electron chi connectivity index (χ2n) is 7.14. The molecule has 3 aromatic heterocycles. The minimum atomic E-state index is -0.283. The SMILES string of the molecule is O=C(c1ccccc1)N1CCO[C@H](c2cccc(-c3cnc4ccc(Cl)cn34)n2)C1. The number of imidazole rings is 1. The van der Waals surface area contributed by atoms with E-state index < -0.39 is 0 Å². The van der Waals surface area contributed by atoms with E-state index in [1.54, 1.807) is 6.20 Å². The van der Waals surface area contributed by atoms with Crippen molar-refractivity contribution in [1.29, 1.82) is 0 Å². The lowest BCUT2D eigenvalue weighted by molar-refractivity contribution is -0.0246. The van der Waals surface area contributed by atoms with Crippen LogP contribution in [-0.4, -0.2) is 44.9 Å². The van der Waals surface area contributed by atoms with Crippen LogP contribution in [0.1, 0.15) is 22.2 Å². The summed E-state index contributed by atoms with van der Waals surface area (Å²) in [4.78, 5) is 23.9. The first-order chi connectivity index (χ1) is 14.7. The first-order valence-electron chi connectivity index (χ1n) is 9.75. The highest BCUT2D eigenvalue weighted by Gasteiger charge is 2.27. The predicted molar refractivity (Wildman–Crippen MR) is 114 cm³/mol. The fraction of sp³-hybridized carbons (Fsp3) is 0.174. The minimum Gasteiger partial charge on any atom is -0.368 e. The van der Waals surface area contributed by atoms with Crippen molar-refractivity contribution in [3.8, 4) is 11.4 Å². The molecule has 30 heavy (non-hydrogen) atoms. The van der Waals surface area contributed by atoms with E-state index in [-0.39, 0.29) is 12.0 Å². The molecule has 0 spiro atoms. The summed E-state index contributed by atoms with van der Waals surface area (Å²) < 4.78 is 7.88. The molecule has 0 aliphatic carbocycles. The van der Waals surface area contributed by atoms with E-state index in [1.165, 1.54) is 0 Å². The Morgan fingerprint density at radius 1 is 1.07 bits per heavy atom. The largest absolute Gasteiger partial charge is 0.368 e. The van der Waals surface area contributed by atoms with Crippen LogP contribution < -0.4 is 0 Å². The van der Waals surface area contributed by atoms with Gasteiger partial charge < -0.3 is 9.64 Å². The second-order valence-corrected chi connectivity index (χ2v) is 7.58. The lowest BCUT2D eigenvalue weighted by atomic mass is 10.1. The Morgan fingerprint density at radius 3 is 2.80 bits per heavy atom. The summed E-state index contributed by atoms with van der Waals surface area (Å²) >= 11 is 6.16. The first-order valence-corrected chi connectivity index (χ1v) is 10.1. The molecule has 6 nitrogen and oxygen atoms in total. The van der Waals surface area contributed by atoms with Gasteiger partial charge in [0, 0.05) is 18.3 Å². The van der Waals surface area contributed by atoms with Crippen LogP contribution in [0.5, 0.6) is 0 Å². The highest BCUT2D eigenvalue weighted by molar-refractivity contribution is 6.30. The lowest BCUT2D eigenvalue weighted by Gasteiger charge is -2.32. The van der Waals surface area contributed by atoms with Crippen molar-refractivity contribution >= 4 is 23.2 Å². The Labute approximate surface area is 178 Å². The highest BCUT2D eigenvalue weighted by atomic mass is 35.5. The van der Waals surface area contributed by atoms with Crippen LogP contribution in [-0.2, 0) is 4.74 Å². The molecular weight excluding hydrogens is 400 g/mol. The van der Waals surface area contributed by atoms with E-state index in [9.17, 15) is 4.79 Å². The van der Waals surface area contributed by atoms with Gasteiger partial charge in [0.15, 0.2) is 0 Å². The summed E-state index contributed by atoms with van der Waals surface area (Å²) in [6.07, 6.45) is 3.32. The lowest BCUT2D eigenvalue weighted by Crippen LogP contribution is -2.42. The number of hydrogen-bond acceptors (Lipinski definition) is 4. The van der Waals surface area contributed by atoms with Gasteiger partial charge >= 0.3 is 0 Å². The number of ether oxygens (including phenoxy) is 1. The number of fused-ring (bicyclic) bond motifs is 1. The van der Waals surface area contributed by atoms with Gasteiger partial charge in [0.25, 0.3) is 5.91 Å². The molecule has 0 N–H and O–H groups in total. The van der Waals surface area contributed by atoms with E-state index >= 15 is 0 Å². The van der Waals surface area contributed by atoms with Crippen LogP contribution in [0.4, 0.5) is 0 Å². The molecule has 1 saturated heterocycles. The molecule has 1 aliphatic heterocycles. The Kier molecular flexibility index (Phi) is 4.94. The van der Waals surface area contributed by atoms with Crippen LogP contribution >= 0.6 is 11.6 Å². The molecule has 4 aromatic rings. The zero-order chi connectivity index (χ0) is 20.5. The molecule has 1 amide bonds. The number of morpholine rings is 1. The van der Waals surface area contributed by atoms with E-state index in [1.807, 2.05) is 76.2 Å². The van der Waals surface area contributed by atoms with Gasteiger partial charge in [-0.15, -0.1) is 0 Å². The standard InChI is InChI=1S/C23H19ClN4O2/c24-17-9-10-22-25-13-20(28(22)14-17)18-7-4-8-19(26-18)21-15-27(11-12-30-21)23(29)16-5-2-1-3-6-16/h1-10,13-14,21H,11-12,15H2/t21-/m0/s1. The van der Waals surface area contributed by atoms with Gasteiger partial charge in [-0.1, -0.05) is 35.9 Å². The molecule has 7 heteroatoms. The van der Waals surface area contributed by atoms with Crippen molar-refractivity contribution in [2.24, 2.45) is 0 Å². The summed E-state index contributed by atoms with van der Waals surface area (Å²) in [5.41, 5.74) is 3.90. The summed E-state index contributed by atoms with van der Waals surface area (Å²) in [5.74, 6) is 0.0106. The summed E-state index contributed by atoms with van der Waals surface area (Å²) in [6, 6.07) is 18.8. The maximum Gasteiger partial charge on any atom is 0.254 e. The predicted octanol–water partition coefficient (Wildman–Crippen LogP) is 4.26. The summed E-state index contributed by atoms with van der Waals surface area (Å²) in [5, 5.41) is 0.628. The van der Waals surface area contributed by atoms with Gasteiger partial charge in [-0.25, -0.2) is 9.97 Å². The zero-order valence-electron chi connectivity index (χ0n) is 16.1. The van der Waals surface area contributed by atoms with E-state index in [2.05, 4.69) is 4.98 Å². The Balaban J connectivity index is 1.42. The third kappa shape index (κ3) is 3.56. The third-order valence-electron chi connectivity index (χ3n) is 5.21. The maximum atomic E-state index is 12.8. The molecule has 0 radical (unpaired) electrons. The molecule has 0 unspecified atom stereocenters. The number of hydrogen-bond donors (Lipinski definition) is 0. The van der Waals surface area contributed by atoms with Crippen molar-refractivity contribution in [3.05, 3.63) is 89.3 Å². The van der Waals surface area contributed by atoms with Crippen molar-refractivity contribution in [1.82, 2.24) is 19.3 Å². The molecule has 1 atom stereocenters. The number of carbonyl (C=O) groups is 1. The number of nitrogens with zero attached hydrogens (tertiary/aromatic N) is 4. The number of amides is 1. The molecular formula is C23H19ClN4O2. The molecule has 0 bridgehead atoms. The molecule has 1 aromatic carbocycles. The quantitative estimate of drug-likeness (QED) is 0.498. The van der Waals surface area contributed by atoms with Gasteiger partial charge in [0.05, 0.1) is 41.5 Å². The fourth-order valence-corrected chi connectivity index (χ4v) is 3.85.